The van der Waals surface area contributed by atoms with Gasteiger partial charge in [-0.25, -0.2) is 4.39 Å². The lowest BCUT2D eigenvalue weighted by Crippen LogP contribution is -2.30. The number of nitrogens with one attached hydrogen (secondary N) is 1. The topological polar surface area (TPSA) is 21.3 Å². The summed E-state index contributed by atoms with van der Waals surface area (Å²) in [6.07, 6.45) is 6.33. The normalized spacial score (nSPS) is 23.9. The Labute approximate surface area is 128 Å². The van der Waals surface area contributed by atoms with E-state index in [4.69, 9.17) is 4.74 Å². The van der Waals surface area contributed by atoms with Crippen molar-refractivity contribution in [1.29, 1.82) is 0 Å². The van der Waals surface area contributed by atoms with Crippen LogP contribution in [-0.2, 0) is 0 Å². The van der Waals surface area contributed by atoms with Gasteiger partial charge in [-0.1, -0.05) is 13.3 Å². The summed E-state index contributed by atoms with van der Waals surface area (Å²) in [7, 11) is 1.89. The molecule has 1 aliphatic carbocycles. The zero-order chi connectivity index (χ0) is 15.4. The van der Waals surface area contributed by atoms with Gasteiger partial charge in [-0.15, -0.1) is 0 Å². The van der Waals surface area contributed by atoms with Gasteiger partial charge in [0.05, 0.1) is 0 Å². The molecular formula is C18H28FNO. The summed E-state index contributed by atoms with van der Waals surface area (Å²) in [4.78, 5) is 0. The largest absolute Gasteiger partial charge is 0.490 e. The molecule has 0 spiro atoms. The van der Waals surface area contributed by atoms with Crippen molar-refractivity contribution >= 4 is 0 Å². The summed E-state index contributed by atoms with van der Waals surface area (Å²) in [5.74, 6) is 1.32. The highest BCUT2D eigenvalue weighted by atomic mass is 19.1. The number of halogens is 1. The quantitative estimate of drug-likeness (QED) is 0.845. The van der Waals surface area contributed by atoms with E-state index in [0.717, 1.165) is 24.2 Å². The Hall–Kier alpha value is -1.09. The van der Waals surface area contributed by atoms with E-state index in [2.05, 4.69) is 12.2 Å². The zero-order valence-corrected chi connectivity index (χ0v) is 13.7. The van der Waals surface area contributed by atoms with E-state index in [-0.39, 0.29) is 18.0 Å². The van der Waals surface area contributed by atoms with Crippen molar-refractivity contribution in [3.63, 3.8) is 0 Å². The van der Waals surface area contributed by atoms with Gasteiger partial charge in [-0.2, -0.15) is 0 Å². The lowest BCUT2D eigenvalue weighted by Gasteiger charge is -2.32. The fourth-order valence-corrected chi connectivity index (χ4v) is 3.23. The summed E-state index contributed by atoms with van der Waals surface area (Å²) in [5, 5.41) is 3.18. The second kappa shape index (κ2) is 7.26. The van der Waals surface area contributed by atoms with Crippen LogP contribution in [0.2, 0.25) is 0 Å². The van der Waals surface area contributed by atoms with Gasteiger partial charge in [0.2, 0.25) is 0 Å². The number of hydrogen-bond donors (Lipinski definition) is 1. The maximum absolute atomic E-state index is 13.9. The van der Waals surface area contributed by atoms with Crippen LogP contribution in [0.4, 0.5) is 4.39 Å². The monoisotopic (exact) mass is 293 g/mol. The SMILES string of the molecule is CCC1CCCCC1Oc1cc(C)c(F)cc1C(C)NC. The van der Waals surface area contributed by atoms with Gasteiger partial charge >= 0.3 is 0 Å². The molecule has 1 aliphatic rings. The minimum absolute atomic E-state index is 0.0822. The fourth-order valence-electron chi connectivity index (χ4n) is 3.23. The number of benzene rings is 1. The molecule has 0 bridgehead atoms. The Morgan fingerprint density at radius 1 is 1.33 bits per heavy atom. The molecule has 3 atom stereocenters. The van der Waals surface area contributed by atoms with Gasteiger partial charge in [0, 0.05) is 11.6 Å². The van der Waals surface area contributed by atoms with E-state index in [9.17, 15) is 4.39 Å². The van der Waals surface area contributed by atoms with Crippen LogP contribution in [0.3, 0.4) is 0 Å². The maximum Gasteiger partial charge on any atom is 0.126 e. The fraction of sp³-hybridized carbons (Fsp3) is 0.667. The van der Waals surface area contributed by atoms with E-state index < -0.39 is 0 Å². The molecule has 2 rings (SSSR count). The third-order valence-corrected chi connectivity index (χ3v) is 4.83. The van der Waals surface area contributed by atoms with Gasteiger partial charge < -0.3 is 10.1 Å². The van der Waals surface area contributed by atoms with Crippen LogP contribution in [0.1, 0.15) is 63.1 Å². The number of ether oxygens (including phenoxy) is 1. The molecule has 0 radical (unpaired) electrons. The Balaban J connectivity index is 2.27. The number of aryl methyl sites for hydroxylation is 1. The maximum atomic E-state index is 13.9. The Morgan fingerprint density at radius 2 is 2.05 bits per heavy atom. The Bertz CT molecular complexity index is 475. The van der Waals surface area contributed by atoms with Crippen LogP contribution in [0, 0.1) is 18.7 Å². The summed E-state index contributed by atoms with van der Waals surface area (Å²) in [5.41, 5.74) is 1.57. The summed E-state index contributed by atoms with van der Waals surface area (Å²) in [6.45, 7) is 6.07. The highest BCUT2D eigenvalue weighted by molar-refractivity contribution is 5.40. The minimum Gasteiger partial charge on any atom is -0.490 e. The van der Waals surface area contributed by atoms with E-state index in [1.54, 1.807) is 13.0 Å². The highest BCUT2D eigenvalue weighted by Gasteiger charge is 2.26. The molecule has 2 nitrogen and oxygen atoms in total. The van der Waals surface area contributed by atoms with Gasteiger partial charge in [0.25, 0.3) is 0 Å². The average Bonchev–Trinajstić information content (AvgIpc) is 2.50. The molecule has 1 fully saturated rings. The summed E-state index contributed by atoms with van der Waals surface area (Å²) < 4.78 is 20.2. The molecule has 0 saturated heterocycles. The van der Waals surface area contributed by atoms with Crippen LogP contribution in [0.15, 0.2) is 12.1 Å². The van der Waals surface area contributed by atoms with Crippen molar-refractivity contribution in [3.05, 3.63) is 29.1 Å². The second-order valence-electron chi connectivity index (χ2n) is 6.26. The molecule has 3 unspecified atom stereocenters. The summed E-state index contributed by atoms with van der Waals surface area (Å²) in [6, 6.07) is 3.56. The smallest absolute Gasteiger partial charge is 0.126 e. The molecule has 118 valence electrons. The molecule has 1 N–H and O–H groups in total. The standard InChI is InChI=1S/C18H28FNO/c1-5-14-8-6-7-9-17(14)21-18-10-12(2)16(19)11-15(18)13(3)20-4/h10-11,13-14,17,20H,5-9H2,1-4H3. The zero-order valence-electron chi connectivity index (χ0n) is 13.7. The molecule has 0 amide bonds. The molecule has 0 aliphatic heterocycles. The second-order valence-corrected chi connectivity index (χ2v) is 6.26. The first-order valence-electron chi connectivity index (χ1n) is 8.20. The molecule has 1 aromatic carbocycles. The predicted octanol–water partition coefficient (Wildman–Crippen LogP) is 4.76. The van der Waals surface area contributed by atoms with E-state index in [1.165, 1.54) is 19.3 Å². The van der Waals surface area contributed by atoms with Crippen LogP contribution in [0.25, 0.3) is 0 Å². The Kier molecular flexibility index (Phi) is 5.63. The van der Waals surface area contributed by atoms with E-state index in [0.29, 0.717) is 11.5 Å². The lowest BCUT2D eigenvalue weighted by atomic mass is 9.84. The van der Waals surface area contributed by atoms with E-state index in [1.807, 2.05) is 20.0 Å². The van der Waals surface area contributed by atoms with Gasteiger partial charge in [-0.05, 0) is 70.2 Å². The third kappa shape index (κ3) is 3.76. The van der Waals surface area contributed by atoms with E-state index >= 15 is 0 Å². The van der Waals surface area contributed by atoms with Crippen molar-refractivity contribution in [1.82, 2.24) is 5.32 Å². The highest BCUT2D eigenvalue weighted by Crippen LogP contribution is 2.34. The Morgan fingerprint density at radius 3 is 2.71 bits per heavy atom. The third-order valence-electron chi connectivity index (χ3n) is 4.83. The van der Waals surface area contributed by atoms with Crippen molar-refractivity contribution in [2.45, 2.75) is 65.0 Å². The number of rotatable bonds is 5. The molecule has 1 aromatic rings. The van der Waals surface area contributed by atoms with Crippen molar-refractivity contribution in [3.8, 4) is 5.75 Å². The average molecular weight is 293 g/mol. The number of hydrogen-bond acceptors (Lipinski definition) is 2. The van der Waals surface area contributed by atoms with Crippen molar-refractivity contribution in [2.75, 3.05) is 7.05 Å². The van der Waals surface area contributed by atoms with Crippen LogP contribution in [-0.4, -0.2) is 13.2 Å². The van der Waals surface area contributed by atoms with Gasteiger partial charge in [0.1, 0.15) is 17.7 Å². The molecule has 3 heteroatoms. The minimum atomic E-state index is -0.157. The van der Waals surface area contributed by atoms with Crippen LogP contribution in [0.5, 0.6) is 5.75 Å². The van der Waals surface area contributed by atoms with Gasteiger partial charge in [0.15, 0.2) is 0 Å². The first-order valence-corrected chi connectivity index (χ1v) is 8.20. The van der Waals surface area contributed by atoms with Gasteiger partial charge in [-0.3, -0.25) is 0 Å². The molecule has 0 aromatic heterocycles. The molecule has 21 heavy (non-hydrogen) atoms. The van der Waals surface area contributed by atoms with Crippen LogP contribution < -0.4 is 10.1 Å². The molecule has 1 saturated carbocycles. The molecular weight excluding hydrogens is 265 g/mol. The summed E-state index contributed by atoms with van der Waals surface area (Å²) >= 11 is 0. The first-order chi connectivity index (χ1) is 10.1. The van der Waals surface area contributed by atoms with Crippen molar-refractivity contribution < 1.29 is 9.13 Å². The molecule has 0 heterocycles. The van der Waals surface area contributed by atoms with Crippen LogP contribution >= 0.6 is 0 Å². The predicted molar refractivity (Wildman–Crippen MR) is 85.3 cm³/mol. The lowest BCUT2D eigenvalue weighted by molar-refractivity contribution is 0.0887. The first kappa shape index (κ1) is 16.3. The van der Waals surface area contributed by atoms with Crippen molar-refractivity contribution in [2.24, 2.45) is 5.92 Å².